The maximum Gasteiger partial charge on any atom is 0.224 e. The van der Waals surface area contributed by atoms with Crippen molar-refractivity contribution in [3.05, 3.63) is 35.6 Å². The van der Waals surface area contributed by atoms with Crippen molar-refractivity contribution in [3.63, 3.8) is 0 Å². The number of nitrogens with one attached hydrogen (secondary N) is 1. The molecular weight excluding hydrogens is 255 g/mol. The lowest BCUT2D eigenvalue weighted by Crippen LogP contribution is -2.44. The van der Waals surface area contributed by atoms with Crippen molar-refractivity contribution in [2.45, 2.75) is 39.3 Å². The van der Waals surface area contributed by atoms with E-state index in [2.05, 4.69) is 10.2 Å². The summed E-state index contributed by atoms with van der Waals surface area (Å²) in [4.78, 5) is 14.3. The van der Waals surface area contributed by atoms with Crippen molar-refractivity contribution in [2.24, 2.45) is 5.92 Å². The van der Waals surface area contributed by atoms with Crippen LogP contribution in [-0.2, 0) is 11.3 Å². The molecule has 1 fully saturated rings. The molecule has 1 saturated heterocycles. The molecule has 0 radical (unpaired) electrons. The number of nitrogens with zero attached hydrogens (tertiary/aromatic N) is 1. The van der Waals surface area contributed by atoms with E-state index in [4.69, 9.17) is 0 Å². The van der Waals surface area contributed by atoms with Gasteiger partial charge in [-0.25, -0.2) is 4.39 Å². The zero-order chi connectivity index (χ0) is 14.5. The molecule has 1 N–H and O–H groups in total. The van der Waals surface area contributed by atoms with Gasteiger partial charge in [-0.05, 0) is 50.9 Å². The lowest BCUT2D eigenvalue weighted by atomic mass is 9.96. The van der Waals surface area contributed by atoms with Gasteiger partial charge in [-0.1, -0.05) is 12.1 Å². The van der Waals surface area contributed by atoms with Gasteiger partial charge in [0.1, 0.15) is 5.82 Å². The molecule has 1 heterocycles. The highest BCUT2D eigenvalue weighted by Gasteiger charge is 2.25. The summed E-state index contributed by atoms with van der Waals surface area (Å²) in [7, 11) is 0. The summed E-state index contributed by atoms with van der Waals surface area (Å²) < 4.78 is 12.9. The maximum atomic E-state index is 12.9. The Morgan fingerprint density at radius 3 is 2.75 bits per heavy atom. The van der Waals surface area contributed by atoms with Gasteiger partial charge in [0.2, 0.25) is 5.91 Å². The summed E-state index contributed by atoms with van der Waals surface area (Å²) in [5.41, 5.74) is 1.09. The van der Waals surface area contributed by atoms with Crippen LogP contribution >= 0.6 is 0 Å². The lowest BCUT2D eigenvalue weighted by Gasteiger charge is -2.32. The molecule has 0 bridgehead atoms. The third kappa shape index (κ3) is 4.30. The van der Waals surface area contributed by atoms with E-state index >= 15 is 0 Å². The zero-order valence-corrected chi connectivity index (χ0v) is 12.2. The molecule has 0 spiro atoms. The van der Waals surface area contributed by atoms with E-state index in [1.54, 1.807) is 0 Å². The summed E-state index contributed by atoms with van der Waals surface area (Å²) in [6, 6.07) is 6.79. The first-order valence-electron chi connectivity index (χ1n) is 7.32. The molecule has 0 aromatic heterocycles. The van der Waals surface area contributed by atoms with Gasteiger partial charge < -0.3 is 5.32 Å². The van der Waals surface area contributed by atoms with Crippen molar-refractivity contribution in [2.75, 3.05) is 13.1 Å². The van der Waals surface area contributed by atoms with Crippen LogP contribution in [0.2, 0.25) is 0 Å². The highest BCUT2D eigenvalue weighted by Crippen LogP contribution is 2.19. The number of hydrogen-bond acceptors (Lipinski definition) is 2. The Morgan fingerprint density at radius 1 is 1.40 bits per heavy atom. The fourth-order valence-electron chi connectivity index (χ4n) is 2.66. The number of piperidine rings is 1. The number of benzene rings is 1. The van der Waals surface area contributed by atoms with Crippen LogP contribution in [0.3, 0.4) is 0 Å². The topological polar surface area (TPSA) is 32.3 Å². The van der Waals surface area contributed by atoms with Crippen LogP contribution in [0.15, 0.2) is 24.3 Å². The third-order valence-electron chi connectivity index (χ3n) is 3.63. The van der Waals surface area contributed by atoms with Crippen LogP contribution in [0.5, 0.6) is 0 Å². The molecule has 1 amide bonds. The summed E-state index contributed by atoms with van der Waals surface area (Å²) in [5.74, 6) is 0.0250. The molecule has 3 nitrogen and oxygen atoms in total. The van der Waals surface area contributed by atoms with Gasteiger partial charge in [0.15, 0.2) is 0 Å². The Labute approximate surface area is 120 Å². The molecule has 1 aliphatic heterocycles. The molecule has 1 aromatic rings. The molecule has 1 unspecified atom stereocenters. The third-order valence-corrected chi connectivity index (χ3v) is 3.63. The van der Waals surface area contributed by atoms with Gasteiger partial charge in [0, 0.05) is 19.1 Å². The normalized spacial score (nSPS) is 20.1. The molecule has 1 atom stereocenters. The second-order valence-electron chi connectivity index (χ2n) is 5.86. The zero-order valence-electron chi connectivity index (χ0n) is 12.2. The summed E-state index contributed by atoms with van der Waals surface area (Å²) >= 11 is 0. The summed E-state index contributed by atoms with van der Waals surface area (Å²) in [5, 5.41) is 2.99. The van der Waals surface area contributed by atoms with Crippen LogP contribution in [0, 0.1) is 11.7 Å². The number of rotatable bonds is 4. The highest BCUT2D eigenvalue weighted by atomic mass is 19.1. The number of hydrogen-bond donors (Lipinski definition) is 1. The molecular formula is C16H23FN2O. The van der Waals surface area contributed by atoms with E-state index in [1.165, 1.54) is 12.1 Å². The van der Waals surface area contributed by atoms with Crippen molar-refractivity contribution in [1.82, 2.24) is 10.2 Å². The summed E-state index contributed by atoms with van der Waals surface area (Å²) in [6.07, 6.45) is 2.00. The molecule has 110 valence electrons. The first kappa shape index (κ1) is 15.0. The lowest BCUT2D eigenvalue weighted by molar-refractivity contribution is -0.127. The Kier molecular flexibility index (Phi) is 5.12. The van der Waals surface area contributed by atoms with Crippen molar-refractivity contribution >= 4 is 5.91 Å². The fourth-order valence-corrected chi connectivity index (χ4v) is 2.66. The van der Waals surface area contributed by atoms with Crippen LogP contribution in [0.4, 0.5) is 4.39 Å². The summed E-state index contributed by atoms with van der Waals surface area (Å²) in [6.45, 7) is 6.54. The fraction of sp³-hybridized carbons (Fsp3) is 0.562. The Morgan fingerprint density at radius 2 is 2.10 bits per heavy atom. The van der Waals surface area contributed by atoms with Crippen molar-refractivity contribution in [3.8, 4) is 0 Å². The quantitative estimate of drug-likeness (QED) is 0.918. The molecule has 1 aromatic carbocycles. The van der Waals surface area contributed by atoms with E-state index < -0.39 is 0 Å². The van der Waals surface area contributed by atoms with Gasteiger partial charge in [-0.15, -0.1) is 0 Å². The van der Waals surface area contributed by atoms with Crippen LogP contribution in [-0.4, -0.2) is 29.9 Å². The SMILES string of the molecule is CC(C)NC(=O)C1CCCN(Cc2ccc(F)cc2)C1. The average Bonchev–Trinajstić information content (AvgIpc) is 2.41. The van der Waals surface area contributed by atoms with Gasteiger partial charge in [0.25, 0.3) is 0 Å². The number of likely N-dealkylation sites (tertiary alicyclic amines) is 1. The van der Waals surface area contributed by atoms with Gasteiger partial charge in [0.05, 0.1) is 5.92 Å². The minimum Gasteiger partial charge on any atom is -0.354 e. The highest BCUT2D eigenvalue weighted by molar-refractivity contribution is 5.79. The maximum absolute atomic E-state index is 12.9. The minimum atomic E-state index is -0.207. The molecule has 0 aliphatic carbocycles. The first-order valence-corrected chi connectivity index (χ1v) is 7.32. The monoisotopic (exact) mass is 278 g/mol. The van der Waals surface area contributed by atoms with E-state index in [9.17, 15) is 9.18 Å². The van der Waals surface area contributed by atoms with Gasteiger partial charge in [-0.2, -0.15) is 0 Å². The number of amides is 1. The molecule has 1 aliphatic rings. The van der Waals surface area contributed by atoms with Gasteiger partial charge >= 0.3 is 0 Å². The molecule has 20 heavy (non-hydrogen) atoms. The number of carbonyl (C=O) groups is 1. The van der Waals surface area contributed by atoms with Crippen molar-refractivity contribution < 1.29 is 9.18 Å². The molecule has 0 saturated carbocycles. The number of carbonyl (C=O) groups excluding carboxylic acids is 1. The van der Waals surface area contributed by atoms with Crippen LogP contribution in [0.25, 0.3) is 0 Å². The standard InChI is InChI=1S/C16H23FN2O/c1-12(2)18-16(20)14-4-3-9-19(11-14)10-13-5-7-15(17)8-6-13/h5-8,12,14H,3-4,9-11H2,1-2H3,(H,18,20). The van der Waals surface area contributed by atoms with Crippen LogP contribution in [0.1, 0.15) is 32.3 Å². The predicted octanol–water partition coefficient (Wildman–Crippen LogP) is 2.56. The van der Waals surface area contributed by atoms with E-state index in [0.29, 0.717) is 0 Å². The minimum absolute atomic E-state index is 0.0756. The number of halogens is 1. The van der Waals surface area contributed by atoms with E-state index in [1.807, 2.05) is 26.0 Å². The molecule has 4 heteroatoms. The Balaban J connectivity index is 1.90. The predicted molar refractivity (Wildman–Crippen MR) is 77.7 cm³/mol. The van der Waals surface area contributed by atoms with Gasteiger partial charge in [-0.3, -0.25) is 9.69 Å². The smallest absolute Gasteiger partial charge is 0.224 e. The van der Waals surface area contributed by atoms with Crippen LogP contribution < -0.4 is 5.32 Å². The van der Waals surface area contributed by atoms with E-state index in [-0.39, 0.29) is 23.7 Å². The Hall–Kier alpha value is -1.42. The largest absolute Gasteiger partial charge is 0.354 e. The molecule has 2 rings (SSSR count). The van der Waals surface area contributed by atoms with E-state index in [0.717, 1.165) is 38.0 Å². The second kappa shape index (κ2) is 6.84. The Bertz CT molecular complexity index is 444. The van der Waals surface area contributed by atoms with Crippen molar-refractivity contribution in [1.29, 1.82) is 0 Å². The second-order valence-corrected chi connectivity index (χ2v) is 5.86. The first-order chi connectivity index (χ1) is 9.54. The average molecular weight is 278 g/mol.